The number of benzene rings is 2. The van der Waals surface area contributed by atoms with Crippen molar-refractivity contribution in [1.82, 2.24) is 0 Å². The minimum Gasteiger partial charge on any atom is -0.299 e. The maximum Gasteiger partial charge on any atom is 0.193 e. The summed E-state index contributed by atoms with van der Waals surface area (Å²) >= 11 is 6.73. The van der Waals surface area contributed by atoms with Gasteiger partial charge >= 0.3 is 0 Å². The van der Waals surface area contributed by atoms with E-state index in [0.29, 0.717) is 11.1 Å². The van der Waals surface area contributed by atoms with Crippen molar-refractivity contribution in [1.29, 1.82) is 0 Å². The van der Waals surface area contributed by atoms with Crippen LogP contribution in [0.4, 0.5) is 0 Å². The lowest BCUT2D eigenvalue weighted by atomic mass is 9.77. The van der Waals surface area contributed by atoms with Gasteiger partial charge in [0.15, 0.2) is 16.4 Å². The standard InChI is InChI=1S/C21H19ClO3/c1-13(2)18(23)12-17(14-8-4-3-5-9-14)21(22)19(24)15-10-6-7-11-16(15)20(21)25/h3-11,13,17H,12H2,1-2H3/t17-/m0/s1. The van der Waals surface area contributed by atoms with Gasteiger partial charge in [-0.1, -0.05) is 68.4 Å². The Bertz CT molecular complexity index is 804. The predicted octanol–water partition coefficient (Wildman–Crippen LogP) is 4.44. The van der Waals surface area contributed by atoms with Crippen LogP contribution in [0.25, 0.3) is 0 Å². The summed E-state index contributed by atoms with van der Waals surface area (Å²) in [6.45, 7) is 3.61. The fourth-order valence-corrected chi connectivity index (χ4v) is 3.71. The van der Waals surface area contributed by atoms with Gasteiger partial charge in [0.1, 0.15) is 5.78 Å². The van der Waals surface area contributed by atoms with E-state index in [0.717, 1.165) is 5.56 Å². The zero-order valence-electron chi connectivity index (χ0n) is 14.2. The first-order valence-corrected chi connectivity index (χ1v) is 8.70. The number of rotatable bonds is 5. The number of carbonyl (C=O) groups excluding carboxylic acids is 3. The van der Waals surface area contributed by atoms with Crippen LogP contribution in [0.2, 0.25) is 0 Å². The van der Waals surface area contributed by atoms with Gasteiger partial charge < -0.3 is 0 Å². The van der Waals surface area contributed by atoms with Gasteiger partial charge in [-0.15, -0.1) is 11.6 Å². The first-order chi connectivity index (χ1) is 11.9. The molecule has 1 aliphatic carbocycles. The smallest absolute Gasteiger partial charge is 0.193 e. The van der Waals surface area contributed by atoms with Crippen LogP contribution in [0, 0.1) is 5.92 Å². The molecule has 128 valence electrons. The highest BCUT2D eigenvalue weighted by Crippen LogP contribution is 2.46. The molecular formula is C21H19ClO3. The molecule has 0 aliphatic heterocycles. The highest BCUT2D eigenvalue weighted by Gasteiger charge is 2.57. The third-order valence-electron chi connectivity index (χ3n) is 4.81. The van der Waals surface area contributed by atoms with Gasteiger partial charge in [0.25, 0.3) is 0 Å². The molecule has 0 unspecified atom stereocenters. The van der Waals surface area contributed by atoms with Gasteiger partial charge in [0.05, 0.1) is 0 Å². The summed E-state index contributed by atoms with van der Waals surface area (Å²) in [4.78, 5) is 36.7. The number of carbonyl (C=O) groups is 3. The second kappa shape index (κ2) is 6.57. The number of Topliss-reactive ketones (excluding diaryl/α,β-unsaturated/α-hetero) is 3. The van der Waals surface area contributed by atoms with Gasteiger partial charge in [0.2, 0.25) is 0 Å². The Balaban J connectivity index is 2.12. The molecule has 1 atom stereocenters. The zero-order chi connectivity index (χ0) is 18.2. The second-order valence-corrected chi connectivity index (χ2v) is 7.30. The normalized spacial score (nSPS) is 16.8. The summed E-state index contributed by atoms with van der Waals surface area (Å²) < 4.78 is 0. The lowest BCUT2D eigenvalue weighted by molar-refractivity contribution is -0.122. The number of fused-ring (bicyclic) bond motifs is 1. The molecule has 0 fully saturated rings. The van der Waals surface area contributed by atoms with Crippen molar-refractivity contribution in [3.05, 3.63) is 71.3 Å². The van der Waals surface area contributed by atoms with Crippen molar-refractivity contribution in [2.75, 3.05) is 0 Å². The van der Waals surface area contributed by atoms with E-state index in [-0.39, 0.29) is 18.1 Å². The Kier molecular flexibility index (Phi) is 4.61. The average molecular weight is 355 g/mol. The van der Waals surface area contributed by atoms with Crippen LogP contribution in [0.5, 0.6) is 0 Å². The highest BCUT2D eigenvalue weighted by atomic mass is 35.5. The van der Waals surface area contributed by atoms with Crippen LogP contribution in [0.15, 0.2) is 54.6 Å². The molecule has 3 rings (SSSR count). The number of alkyl halides is 1. The van der Waals surface area contributed by atoms with Crippen molar-refractivity contribution < 1.29 is 14.4 Å². The first kappa shape index (κ1) is 17.6. The molecule has 0 saturated heterocycles. The first-order valence-electron chi connectivity index (χ1n) is 8.32. The molecule has 2 aromatic rings. The van der Waals surface area contributed by atoms with Crippen molar-refractivity contribution in [3.63, 3.8) is 0 Å². The Morgan fingerprint density at radius 1 is 0.920 bits per heavy atom. The fraction of sp³-hybridized carbons (Fsp3) is 0.286. The van der Waals surface area contributed by atoms with E-state index in [1.54, 1.807) is 38.1 Å². The van der Waals surface area contributed by atoms with E-state index >= 15 is 0 Å². The molecule has 4 heteroatoms. The molecule has 0 heterocycles. The fourth-order valence-electron chi connectivity index (χ4n) is 3.30. The lowest BCUT2D eigenvalue weighted by Gasteiger charge is -2.29. The van der Waals surface area contributed by atoms with Crippen LogP contribution in [0.1, 0.15) is 52.5 Å². The maximum atomic E-state index is 13.0. The predicted molar refractivity (Wildman–Crippen MR) is 97.3 cm³/mol. The van der Waals surface area contributed by atoms with Crippen LogP contribution in [-0.4, -0.2) is 22.2 Å². The average Bonchev–Trinajstić information content (AvgIpc) is 2.82. The van der Waals surface area contributed by atoms with Gasteiger partial charge in [0, 0.05) is 29.4 Å². The van der Waals surface area contributed by atoms with Gasteiger partial charge in [-0.05, 0) is 5.56 Å². The minimum atomic E-state index is -1.77. The second-order valence-electron chi connectivity index (χ2n) is 6.70. The van der Waals surface area contributed by atoms with Crippen molar-refractivity contribution >= 4 is 29.0 Å². The summed E-state index contributed by atoms with van der Waals surface area (Å²) in [5.74, 6) is -1.75. The van der Waals surface area contributed by atoms with Crippen molar-refractivity contribution in [2.24, 2.45) is 5.92 Å². The summed E-state index contributed by atoms with van der Waals surface area (Å²) in [7, 11) is 0. The van der Waals surface area contributed by atoms with Crippen molar-refractivity contribution in [3.8, 4) is 0 Å². The molecule has 25 heavy (non-hydrogen) atoms. The van der Waals surface area contributed by atoms with Crippen LogP contribution >= 0.6 is 11.6 Å². The molecule has 0 saturated carbocycles. The third kappa shape index (κ3) is 2.83. The van der Waals surface area contributed by atoms with Gasteiger partial charge in [-0.3, -0.25) is 14.4 Å². The molecule has 0 radical (unpaired) electrons. The lowest BCUT2D eigenvalue weighted by Crippen LogP contribution is -2.42. The highest BCUT2D eigenvalue weighted by molar-refractivity contribution is 6.55. The monoisotopic (exact) mass is 354 g/mol. The van der Waals surface area contributed by atoms with Crippen LogP contribution in [-0.2, 0) is 4.79 Å². The molecule has 0 N–H and O–H groups in total. The van der Waals surface area contributed by atoms with E-state index < -0.39 is 22.4 Å². The Morgan fingerprint density at radius 3 is 1.88 bits per heavy atom. The van der Waals surface area contributed by atoms with E-state index in [4.69, 9.17) is 11.6 Å². The molecule has 0 spiro atoms. The Hall–Kier alpha value is -2.26. The van der Waals surface area contributed by atoms with Crippen LogP contribution < -0.4 is 0 Å². The van der Waals surface area contributed by atoms with E-state index in [9.17, 15) is 14.4 Å². The molecule has 0 amide bonds. The Labute approximate surface area is 152 Å². The zero-order valence-corrected chi connectivity index (χ0v) is 14.9. The largest absolute Gasteiger partial charge is 0.299 e. The van der Waals surface area contributed by atoms with Crippen molar-refractivity contribution in [2.45, 2.75) is 31.1 Å². The number of hydrogen-bond acceptors (Lipinski definition) is 3. The summed E-state index contributed by atoms with van der Waals surface area (Å²) in [5, 5.41) is 0. The van der Waals surface area contributed by atoms with Gasteiger partial charge in [-0.2, -0.15) is 0 Å². The number of ketones is 3. The molecule has 0 aromatic heterocycles. The number of hydrogen-bond donors (Lipinski definition) is 0. The van der Waals surface area contributed by atoms with E-state index in [1.807, 2.05) is 30.3 Å². The number of halogens is 1. The SMILES string of the molecule is CC(C)C(=O)C[C@@H](c1ccccc1)C1(Cl)C(=O)c2ccccc2C1=O. The Morgan fingerprint density at radius 2 is 1.40 bits per heavy atom. The molecule has 0 bridgehead atoms. The third-order valence-corrected chi connectivity index (χ3v) is 5.42. The summed E-state index contributed by atoms with van der Waals surface area (Å²) in [6, 6.07) is 15.8. The molecular weight excluding hydrogens is 336 g/mol. The van der Waals surface area contributed by atoms with E-state index in [2.05, 4.69) is 0 Å². The van der Waals surface area contributed by atoms with E-state index in [1.165, 1.54) is 0 Å². The quantitative estimate of drug-likeness (QED) is 0.589. The summed E-state index contributed by atoms with van der Waals surface area (Å²) in [5.41, 5.74) is 1.39. The van der Waals surface area contributed by atoms with Crippen LogP contribution in [0.3, 0.4) is 0 Å². The minimum absolute atomic E-state index is 0.0227. The maximum absolute atomic E-state index is 13.0. The summed E-state index contributed by atoms with van der Waals surface area (Å²) in [6.07, 6.45) is 0.0522. The topological polar surface area (TPSA) is 51.2 Å². The molecule has 3 nitrogen and oxygen atoms in total. The molecule has 1 aliphatic rings. The van der Waals surface area contributed by atoms with Gasteiger partial charge in [-0.25, -0.2) is 0 Å². The molecule has 2 aromatic carbocycles.